The van der Waals surface area contributed by atoms with Gasteiger partial charge in [-0.2, -0.15) is 0 Å². The molecule has 0 unspecified atom stereocenters. The number of rotatable bonds is 4. The molecule has 0 fully saturated rings. The first-order chi connectivity index (χ1) is 11.6. The number of hydrogen-bond acceptors (Lipinski definition) is 4. The molecular weight excluding hydrogens is 306 g/mol. The van der Waals surface area contributed by atoms with Crippen LogP contribution in [0.25, 0.3) is 10.9 Å². The van der Waals surface area contributed by atoms with Crippen molar-refractivity contribution >= 4 is 22.5 Å². The molecule has 0 aliphatic rings. The first kappa shape index (κ1) is 15.7. The molecule has 0 bridgehead atoms. The van der Waals surface area contributed by atoms with Gasteiger partial charge in [-0.25, -0.2) is 0 Å². The third-order valence-electron chi connectivity index (χ3n) is 3.76. The van der Waals surface area contributed by atoms with E-state index in [0.717, 1.165) is 10.9 Å². The van der Waals surface area contributed by atoms with Gasteiger partial charge in [0, 0.05) is 23.3 Å². The molecule has 0 atom stereocenters. The van der Waals surface area contributed by atoms with E-state index in [2.05, 4.69) is 10.3 Å². The normalized spacial score (nSPS) is 10.6. The monoisotopic (exact) mass is 323 g/mol. The minimum absolute atomic E-state index is 0.0825. The summed E-state index contributed by atoms with van der Waals surface area (Å²) in [6.45, 7) is 1.86. The smallest absolute Gasteiger partial charge is 0.244 e. The molecule has 0 aliphatic carbocycles. The number of carbonyl (C=O) groups excluding carboxylic acids is 1. The first-order valence-corrected chi connectivity index (χ1v) is 7.47. The van der Waals surface area contributed by atoms with Crippen molar-refractivity contribution in [3.05, 3.63) is 64.7 Å². The maximum absolute atomic E-state index is 12.4. The van der Waals surface area contributed by atoms with Crippen LogP contribution in [0.4, 0.5) is 5.69 Å². The SMILES string of the molecule is COc1cn(CC(=O)Nc2cccc3ncccc23)c(C)cc1=O. The maximum Gasteiger partial charge on any atom is 0.244 e. The van der Waals surface area contributed by atoms with Gasteiger partial charge < -0.3 is 14.6 Å². The number of fused-ring (bicyclic) bond motifs is 1. The molecule has 3 aromatic rings. The predicted molar refractivity (Wildman–Crippen MR) is 92.4 cm³/mol. The van der Waals surface area contributed by atoms with E-state index in [0.29, 0.717) is 11.4 Å². The van der Waals surface area contributed by atoms with Gasteiger partial charge in [0.25, 0.3) is 0 Å². The fourth-order valence-corrected chi connectivity index (χ4v) is 2.53. The summed E-state index contributed by atoms with van der Waals surface area (Å²) in [6.07, 6.45) is 3.26. The van der Waals surface area contributed by atoms with E-state index >= 15 is 0 Å². The zero-order valence-corrected chi connectivity index (χ0v) is 13.4. The van der Waals surface area contributed by atoms with Crippen molar-refractivity contribution in [2.24, 2.45) is 0 Å². The Bertz CT molecular complexity index is 958. The number of aryl methyl sites for hydroxylation is 1. The Hall–Kier alpha value is -3.15. The largest absolute Gasteiger partial charge is 0.491 e. The zero-order chi connectivity index (χ0) is 17.1. The third kappa shape index (κ3) is 3.12. The average molecular weight is 323 g/mol. The highest BCUT2D eigenvalue weighted by molar-refractivity contribution is 6.00. The highest BCUT2D eigenvalue weighted by Crippen LogP contribution is 2.21. The summed E-state index contributed by atoms with van der Waals surface area (Å²) in [7, 11) is 1.43. The number of amides is 1. The number of aromatic nitrogens is 2. The van der Waals surface area contributed by atoms with E-state index in [9.17, 15) is 9.59 Å². The van der Waals surface area contributed by atoms with Gasteiger partial charge in [-0.1, -0.05) is 6.07 Å². The summed E-state index contributed by atoms with van der Waals surface area (Å²) in [4.78, 5) is 28.4. The van der Waals surface area contributed by atoms with Crippen molar-refractivity contribution in [3.63, 3.8) is 0 Å². The van der Waals surface area contributed by atoms with Crippen molar-refractivity contribution < 1.29 is 9.53 Å². The summed E-state index contributed by atoms with van der Waals surface area (Å²) < 4.78 is 6.70. The average Bonchev–Trinajstić information content (AvgIpc) is 2.57. The molecule has 1 amide bonds. The predicted octanol–water partition coefficient (Wildman–Crippen LogP) is 2.35. The van der Waals surface area contributed by atoms with E-state index in [4.69, 9.17) is 4.74 Å². The van der Waals surface area contributed by atoms with Crippen LogP contribution in [-0.2, 0) is 11.3 Å². The summed E-state index contributed by atoms with van der Waals surface area (Å²) in [5.41, 5.74) is 2.01. The Balaban J connectivity index is 1.84. The lowest BCUT2D eigenvalue weighted by Gasteiger charge is -2.13. The van der Waals surface area contributed by atoms with Crippen molar-refractivity contribution in [3.8, 4) is 5.75 Å². The number of hydrogen-bond donors (Lipinski definition) is 1. The first-order valence-electron chi connectivity index (χ1n) is 7.47. The van der Waals surface area contributed by atoms with Crippen LogP contribution in [0.15, 0.2) is 53.6 Å². The van der Waals surface area contributed by atoms with Crippen LogP contribution in [0.5, 0.6) is 5.75 Å². The van der Waals surface area contributed by atoms with Crippen LogP contribution in [0.3, 0.4) is 0 Å². The lowest BCUT2D eigenvalue weighted by molar-refractivity contribution is -0.116. The fourth-order valence-electron chi connectivity index (χ4n) is 2.53. The number of nitrogens with zero attached hydrogens (tertiary/aromatic N) is 2. The molecule has 0 spiro atoms. The van der Waals surface area contributed by atoms with E-state index in [-0.39, 0.29) is 23.6 Å². The molecule has 3 rings (SSSR count). The number of anilines is 1. The van der Waals surface area contributed by atoms with Gasteiger partial charge in [-0.3, -0.25) is 14.6 Å². The number of pyridine rings is 2. The number of carbonyl (C=O) groups is 1. The zero-order valence-electron chi connectivity index (χ0n) is 13.4. The molecule has 6 heteroatoms. The molecule has 1 N–H and O–H groups in total. The van der Waals surface area contributed by atoms with Crippen molar-refractivity contribution in [1.29, 1.82) is 0 Å². The topological polar surface area (TPSA) is 73.2 Å². The molecule has 0 aliphatic heterocycles. The van der Waals surface area contributed by atoms with Crippen LogP contribution >= 0.6 is 0 Å². The quantitative estimate of drug-likeness (QED) is 0.800. The van der Waals surface area contributed by atoms with Crippen LogP contribution in [-0.4, -0.2) is 22.6 Å². The Labute approximate surface area is 138 Å². The number of methoxy groups -OCH3 is 1. The van der Waals surface area contributed by atoms with Crippen molar-refractivity contribution in [2.45, 2.75) is 13.5 Å². The molecular formula is C18H17N3O3. The van der Waals surface area contributed by atoms with Gasteiger partial charge in [0.15, 0.2) is 5.75 Å². The number of benzene rings is 1. The molecule has 2 aromatic heterocycles. The van der Waals surface area contributed by atoms with Crippen LogP contribution in [0, 0.1) is 6.92 Å². The van der Waals surface area contributed by atoms with Crippen LogP contribution in [0.2, 0.25) is 0 Å². The van der Waals surface area contributed by atoms with Gasteiger partial charge in [-0.05, 0) is 31.2 Å². The van der Waals surface area contributed by atoms with E-state index in [1.54, 1.807) is 23.9 Å². The second kappa shape index (κ2) is 6.54. The van der Waals surface area contributed by atoms with Crippen LogP contribution in [0.1, 0.15) is 5.69 Å². The van der Waals surface area contributed by atoms with E-state index in [1.807, 2.05) is 30.3 Å². The minimum Gasteiger partial charge on any atom is -0.491 e. The van der Waals surface area contributed by atoms with Gasteiger partial charge in [-0.15, -0.1) is 0 Å². The summed E-state index contributed by atoms with van der Waals surface area (Å²) in [6, 6.07) is 10.8. The lowest BCUT2D eigenvalue weighted by Crippen LogP contribution is -2.22. The van der Waals surface area contributed by atoms with Gasteiger partial charge in [0.05, 0.1) is 24.5 Å². The lowest BCUT2D eigenvalue weighted by atomic mass is 10.2. The Morgan fingerprint density at radius 2 is 2.12 bits per heavy atom. The van der Waals surface area contributed by atoms with E-state index in [1.165, 1.54) is 13.2 Å². The number of ether oxygens (including phenoxy) is 1. The number of nitrogens with one attached hydrogen (secondary N) is 1. The maximum atomic E-state index is 12.4. The fraction of sp³-hybridized carbons (Fsp3) is 0.167. The summed E-state index contributed by atoms with van der Waals surface area (Å²) >= 11 is 0. The third-order valence-corrected chi connectivity index (χ3v) is 3.76. The van der Waals surface area contributed by atoms with E-state index < -0.39 is 0 Å². The molecule has 0 radical (unpaired) electrons. The summed E-state index contributed by atoms with van der Waals surface area (Å²) in [5.74, 6) is 0.0166. The molecule has 0 saturated heterocycles. The Morgan fingerprint density at radius 3 is 2.92 bits per heavy atom. The highest BCUT2D eigenvalue weighted by atomic mass is 16.5. The molecule has 24 heavy (non-hydrogen) atoms. The Kier molecular flexibility index (Phi) is 4.29. The molecule has 2 heterocycles. The van der Waals surface area contributed by atoms with Crippen LogP contribution < -0.4 is 15.5 Å². The molecule has 0 saturated carbocycles. The summed E-state index contributed by atoms with van der Waals surface area (Å²) in [5, 5.41) is 3.77. The molecule has 6 nitrogen and oxygen atoms in total. The van der Waals surface area contributed by atoms with Crippen molar-refractivity contribution in [1.82, 2.24) is 9.55 Å². The van der Waals surface area contributed by atoms with Gasteiger partial charge in [0.2, 0.25) is 11.3 Å². The second-order valence-electron chi connectivity index (χ2n) is 5.40. The standard InChI is InChI=1S/C18H17N3O3/c1-12-9-16(22)17(24-2)10-21(12)11-18(23)20-15-7-3-6-14-13(15)5-4-8-19-14/h3-10H,11H2,1-2H3,(H,20,23). The molecule has 1 aromatic carbocycles. The van der Waals surface area contributed by atoms with Gasteiger partial charge in [0.1, 0.15) is 6.54 Å². The highest BCUT2D eigenvalue weighted by Gasteiger charge is 2.10. The molecule has 122 valence electrons. The van der Waals surface area contributed by atoms with Gasteiger partial charge >= 0.3 is 0 Å². The Morgan fingerprint density at radius 1 is 1.29 bits per heavy atom. The second-order valence-corrected chi connectivity index (χ2v) is 5.40. The minimum atomic E-state index is -0.202. The van der Waals surface area contributed by atoms with Crippen molar-refractivity contribution in [2.75, 3.05) is 12.4 Å².